The number of hydrogen-bond donors (Lipinski definition) is 1. The van der Waals surface area contributed by atoms with Crippen molar-refractivity contribution >= 4 is 32.6 Å². The first-order valence-electron chi connectivity index (χ1n) is 10.3. The second kappa shape index (κ2) is 7.53. The molecule has 2 aliphatic rings. The lowest BCUT2D eigenvalue weighted by Gasteiger charge is -2.30. The predicted octanol–water partition coefficient (Wildman–Crippen LogP) is 2.94. The van der Waals surface area contributed by atoms with Crippen molar-refractivity contribution in [2.75, 3.05) is 17.4 Å². The Hall–Kier alpha value is -3.13. The van der Waals surface area contributed by atoms with Crippen LogP contribution >= 0.6 is 0 Å². The average molecular weight is 437 g/mol. The quantitative estimate of drug-likeness (QED) is 0.675. The van der Waals surface area contributed by atoms with Crippen molar-refractivity contribution in [2.45, 2.75) is 37.2 Å². The number of amidine groups is 1. The molecule has 31 heavy (non-hydrogen) atoms. The van der Waals surface area contributed by atoms with E-state index in [0.717, 1.165) is 40.4 Å². The first-order chi connectivity index (χ1) is 14.9. The summed E-state index contributed by atoms with van der Waals surface area (Å²) in [6.45, 7) is 3.07. The zero-order valence-corrected chi connectivity index (χ0v) is 18.1. The van der Waals surface area contributed by atoms with Crippen LogP contribution in [-0.4, -0.2) is 37.9 Å². The van der Waals surface area contributed by atoms with Gasteiger partial charge in [0.25, 0.3) is 6.02 Å². The van der Waals surface area contributed by atoms with Crippen molar-refractivity contribution in [3.05, 3.63) is 65.2 Å². The third-order valence-corrected chi connectivity index (χ3v) is 7.56. The van der Waals surface area contributed by atoms with E-state index in [-0.39, 0.29) is 17.9 Å². The standard InChI is InChI=1S/C23H24N4O3S/c1-15-6-9-20-19(10-15)16(7-8-18-13-30-23(24)25-18)11-22(26-20)27-12-17-4-2-3-5-21(17)31(28,29)14-27/h2-6,9-11,18H,7-8,12-14H2,1H3,(H2,24,25)/t18-/m1/s1. The Balaban J connectivity index is 1.53. The van der Waals surface area contributed by atoms with Crippen molar-refractivity contribution in [3.63, 3.8) is 0 Å². The Labute approximate surface area is 181 Å². The number of hydrogen-bond acceptors (Lipinski definition) is 7. The maximum atomic E-state index is 12.9. The van der Waals surface area contributed by atoms with E-state index in [2.05, 4.69) is 18.0 Å². The number of anilines is 1. The summed E-state index contributed by atoms with van der Waals surface area (Å²) in [5.74, 6) is 0.598. The SMILES string of the molecule is Cc1ccc2nc(N3Cc4ccccc4S(=O)(=O)C3)cc(CC[C@@H]3COC(N)=N3)c2c1. The first-order valence-corrected chi connectivity index (χ1v) is 12.0. The summed E-state index contributed by atoms with van der Waals surface area (Å²) in [7, 11) is -3.41. The van der Waals surface area contributed by atoms with Gasteiger partial charge in [-0.1, -0.05) is 29.8 Å². The molecular formula is C23H24N4O3S. The second-order valence-electron chi connectivity index (χ2n) is 8.18. The van der Waals surface area contributed by atoms with Crippen LogP contribution in [0.5, 0.6) is 0 Å². The molecule has 1 aromatic heterocycles. The summed E-state index contributed by atoms with van der Waals surface area (Å²) in [5, 5.41) is 1.08. The number of nitrogens with zero attached hydrogens (tertiary/aromatic N) is 3. The second-order valence-corrected chi connectivity index (χ2v) is 10.1. The van der Waals surface area contributed by atoms with Crippen LogP contribution in [0.4, 0.5) is 5.82 Å². The zero-order chi connectivity index (χ0) is 21.6. The van der Waals surface area contributed by atoms with Gasteiger partial charge in [0.15, 0.2) is 9.84 Å². The number of benzene rings is 2. The predicted molar refractivity (Wildman–Crippen MR) is 121 cm³/mol. The van der Waals surface area contributed by atoms with Crippen LogP contribution in [0.25, 0.3) is 10.9 Å². The summed E-state index contributed by atoms with van der Waals surface area (Å²) < 4.78 is 31.0. The minimum absolute atomic E-state index is 0.0405. The largest absolute Gasteiger partial charge is 0.463 e. The molecule has 2 N–H and O–H groups in total. The van der Waals surface area contributed by atoms with E-state index < -0.39 is 9.84 Å². The number of nitrogens with two attached hydrogens (primary N) is 1. The van der Waals surface area contributed by atoms with Crippen LogP contribution in [0, 0.1) is 6.92 Å². The molecule has 0 radical (unpaired) electrons. The van der Waals surface area contributed by atoms with Gasteiger partial charge in [0.1, 0.15) is 18.3 Å². The van der Waals surface area contributed by atoms with Crippen LogP contribution < -0.4 is 10.6 Å². The lowest BCUT2D eigenvalue weighted by atomic mass is 10.00. The lowest BCUT2D eigenvalue weighted by Crippen LogP contribution is -2.35. The molecule has 1 atom stereocenters. The Kier molecular flexibility index (Phi) is 4.81. The minimum atomic E-state index is -3.41. The molecule has 0 spiro atoms. The van der Waals surface area contributed by atoms with Gasteiger partial charge in [-0.2, -0.15) is 0 Å². The molecule has 7 nitrogen and oxygen atoms in total. The molecule has 0 aliphatic carbocycles. The maximum absolute atomic E-state index is 12.9. The highest BCUT2D eigenvalue weighted by atomic mass is 32.2. The van der Waals surface area contributed by atoms with Crippen LogP contribution in [-0.2, 0) is 27.5 Å². The highest BCUT2D eigenvalue weighted by molar-refractivity contribution is 7.91. The number of aromatic nitrogens is 1. The maximum Gasteiger partial charge on any atom is 0.282 e. The van der Waals surface area contributed by atoms with Crippen LogP contribution in [0.3, 0.4) is 0 Å². The van der Waals surface area contributed by atoms with Gasteiger partial charge in [0.05, 0.1) is 16.5 Å². The minimum Gasteiger partial charge on any atom is -0.463 e. The monoisotopic (exact) mass is 436 g/mol. The van der Waals surface area contributed by atoms with Gasteiger partial charge in [-0.05, 0) is 55.2 Å². The smallest absolute Gasteiger partial charge is 0.282 e. The normalized spacial score (nSPS) is 19.7. The molecular weight excluding hydrogens is 412 g/mol. The highest BCUT2D eigenvalue weighted by Crippen LogP contribution is 2.31. The fourth-order valence-electron chi connectivity index (χ4n) is 4.28. The molecule has 160 valence electrons. The summed E-state index contributed by atoms with van der Waals surface area (Å²) in [6, 6.07) is 15.7. The van der Waals surface area contributed by atoms with Gasteiger partial charge in [0, 0.05) is 11.9 Å². The van der Waals surface area contributed by atoms with E-state index in [0.29, 0.717) is 23.9 Å². The van der Waals surface area contributed by atoms with E-state index in [4.69, 9.17) is 15.5 Å². The van der Waals surface area contributed by atoms with Crippen molar-refractivity contribution in [2.24, 2.45) is 10.7 Å². The summed E-state index contributed by atoms with van der Waals surface area (Å²) in [5.41, 5.74) is 9.59. The Bertz CT molecular complexity index is 1300. The van der Waals surface area contributed by atoms with Gasteiger partial charge in [-0.15, -0.1) is 0 Å². The van der Waals surface area contributed by atoms with Crippen LogP contribution in [0.1, 0.15) is 23.1 Å². The molecule has 8 heteroatoms. The summed E-state index contributed by atoms with van der Waals surface area (Å²) in [4.78, 5) is 11.4. The number of fused-ring (bicyclic) bond motifs is 2. The number of rotatable bonds is 4. The molecule has 5 rings (SSSR count). The van der Waals surface area contributed by atoms with Crippen molar-refractivity contribution in [3.8, 4) is 0 Å². The molecule has 0 unspecified atom stereocenters. The number of pyridine rings is 1. The van der Waals surface area contributed by atoms with E-state index >= 15 is 0 Å². The zero-order valence-electron chi connectivity index (χ0n) is 17.3. The van der Waals surface area contributed by atoms with Crippen LogP contribution in [0.2, 0.25) is 0 Å². The van der Waals surface area contributed by atoms with Crippen molar-refractivity contribution < 1.29 is 13.2 Å². The summed E-state index contributed by atoms with van der Waals surface area (Å²) >= 11 is 0. The third-order valence-electron chi connectivity index (χ3n) is 5.84. The molecule has 0 saturated heterocycles. The topological polar surface area (TPSA) is 97.9 Å². The Morgan fingerprint density at radius 3 is 2.84 bits per heavy atom. The number of ether oxygens (including phenoxy) is 1. The molecule has 0 bridgehead atoms. The van der Waals surface area contributed by atoms with Gasteiger partial charge in [-0.25, -0.2) is 18.4 Å². The first kappa shape index (κ1) is 19.8. The van der Waals surface area contributed by atoms with Gasteiger partial charge in [-0.3, -0.25) is 0 Å². The van der Waals surface area contributed by atoms with E-state index in [1.807, 2.05) is 35.2 Å². The van der Waals surface area contributed by atoms with Gasteiger partial charge >= 0.3 is 0 Å². The van der Waals surface area contributed by atoms with Gasteiger partial charge < -0.3 is 15.4 Å². The molecule has 0 fully saturated rings. The number of aliphatic imine (C=N–C) groups is 1. The molecule has 2 aromatic carbocycles. The van der Waals surface area contributed by atoms with Crippen LogP contribution in [0.15, 0.2) is 58.4 Å². The van der Waals surface area contributed by atoms with Crippen molar-refractivity contribution in [1.29, 1.82) is 0 Å². The fraction of sp³-hybridized carbons (Fsp3) is 0.304. The Morgan fingerprint density at radius 2 is 2.03 bits per heavy atom. The molecule has 0 amide bonds. The van der Waals surface area contributed by atoms with E-state index in [1.54, 1.807) is 12.1 Å². The lowest BCUT2D eigenvalue weighted by molar-refractivity contribution is 0.308. The Morgan fingerprint density at radius 1 is 1.19 bits per heavy atom. The van der Waals surface area contributed by atoms with E-state index in [9.17, 15) is 8.42 Å². The average Bonchev–Trinajstić information content (AvgIpc) is 3.16. The number of aryl methyl sites for hydroxylation is 2. The third kappa shape index (κ3) is 3.83. The fourth-order valence-corrected chi connectivity index (χ4v) is 5.87. The molecule has 3 heterocycles. The van der Waals surface area contributed by atoms with Crippen molar-refractivity contribution in [1.82, 2.24) is 4.98 Å². The molecule has 0 saturated carbocycles. The molecule has 3 aromatic rings. The van der Waals surface area contributed by atoms with E-state index in [1.165, 1.54) is 0 Å². The number of sulfone groups is 1. The summed E-state index contributed by atoms with van der Waals surface area (Å²) in [6.07, 6.45) is 1.58. The van der Waals surface area contributed by atoms with Gasteiger partial charge in [0.2, 0.25) is 0 Å². The molecule has 2 aliphatic heterocycles. The highest BCUT2D eigenvalue weighted by Gasteiger charge is 2.29.